The van der Waals surface area contributed by atoms with E-state index in [1.165, 1.54) is 30.5 Å². The monoisotopic (exact) mass is 338 g/mol. The Morgan fingerprint density at radius 3 is 2.55 bits per heavy atom. The molecule has 0 aliphatic heterocycles. The summed E-state index contributed by atoms with van der Waals surface area (Å²) in [5, 5.41) is 11.1. The molecule has 1 aromatic heterocycles. The van der Waals surface area contributed by atoms with Gasteiger partial charge < -0.3 is 10.4 Å². The minimum atomic E-state index is -1.17. The molecule has 0 fully saturated rings. The van der Waals surface area contributed by atoms with Gasteiger partial charge in [0.05, 0.1) is 17.4 Å². The Morgan fingerprint density at radius 2 is 2.00 bits per heavy atom. The van der Waals surface area contributed by atoms with E-state index in [9.17, 15) is 14.0 Å². The van der Waals surface area contributed by atoms with Crippen molar-refractivity contribution in [3.05, 3.63) is 58.1 Å². The molecule has 0 radical (unpaired) electrons. The first-order chi connectivity index (χ1) is 9.49. The largest absolute Gasteiger partial charge is 0.477 e. The van der Waals surface area contributed by atoms with Gasteiger partial charge in [0, 0.05) is 4.47 Å². The summed E-state index contributed by atoms with van der Waals surface area (Å²) in [7, 11) is 0. The van der Waals surface area contributed by atoms with E-state index in [1.54, 1.807) is 6.07 Å². The van der Waals surface area contributed by atoms with Gasteiger partial charge in [0.2, 0.25) is 0 Å². The number of rotatable bonds is 3. The maximum atomic E-state index is 13.6. The van der Waals surface area contributed by atoms with Crippen molar-refractivity contribution in [2.75, 3.05) is 5.32 Å². The lowest BCUT2D eigenvalue weighted by atomic mass is 10.2. The van der Waals surface area contributed by atoms with E-state index in [0.717, 1.165) is 0 Å². The summed E-state index contributed by atoms with van der Waals surface area (Å²) in [4.78, 5) is 26.2. The van der Waals surface area contributed by atoms with Crippen LogP contribution in [0, 0.1) is 5.82 Å². The van der Waals surface area contributed by atoms with Crippen LogP contribution in [0.25, 0.3) is 0 Å². The number of anilines is 1. The van der Waals surface area contributed by atoms with Crippen LogP contribution in [0.1, 0.15) is 20.8 Å². The van der Waals surface area contributed by atoms with Gasteiger partial charge in [0.15, 0.2) is 0 Å². The van der Waals surface area contributed by atoms with Crippen LogP contribution in [0.2, 0.25) is 0 Å². The van der Waals surface area contributed by atoms with Gasteiger partial charge in [0.1, 0.15) is 11.5 Å². The smallest absolute Gasteiger partial charge is 0.354 e. The third-order valence-electron chi connectivity index (χ3n) is 2.43. The molecular formula is C13H8BrFN2O3. The summed E-state index contributed by atoms with van der Waals surface area (Å²) < 4.78 is 13.9. The summed E-state index contributed by atoms with van der Waals surface area (Å²) in [6.45, 7) is 0. The Hall–Kier alpha value is -2.28. The predicted molar refractivity (Wildman–Crippen MR) is 73.2 cm³/mol. The molecule has 0 saturated heterocycles. The quantitative estimate of drug-likeness (QED) is 0.901. The fourth-order valence-electron chi connectivity index (χ4n) is 1.50. The lowest BCUT2D eigenvalue weighted by molar-refractivity contribution is 0.0690. The Morgan fingerprint density at radius 1 is 1.25 bits per heavy atom. The first kappa shape index (κ1) is 14.1. The lowest BCUT2D eigenvalue weighted by Crippen LogP contribution is -2.15. The van der Waals surface area contributed by atoms with Crippen molar-refractivity contribution >= 4 is 33.5 Å². The number of carbonyl (C=O) groups excluding carboxylic acids is 1. The van der Waals surface area contributed by atoms with E-state index in [0.29, 0.717) is 4.47 Å². The molecule has 0 unspecified atom stereocenters. The number of carboxylic acids is 1. The highest BCUT2D eigenvalue weighted by atomic mass is 79.9. The van der Waals surface area contributed by atoms with Gasteiger partial charge in [-0.15, -0.1) is 0 Å². The fourth-order valence-corrected chi connectivity index (χ4v) is 2.02. The van der Waals surface area contributed by atoms with Crippen LogP contribution >= 0.6 is 15.9 Å². The summed E-state index contributed by atoms with van der Waals surface area (Å²) in [6.07, 6.45) is 1.19. The molecule has 1 aromatic carbocycles. The van der Waals surface area contributed by atoms with Crippen molar-refractivity contribution in [2.24, 2.45) is 0 Å². The first-order valence-electron chi connectivity index (χ1n) is 5.44. The molecular weight excluding hydrogens is 331 g/mol. The average Bonchev–Trinajstić information content (AvgIpc) is 2.39. The van der Waals surface area contributed by atoms with Gasteiger partial charge in [-0.3, -0.25) is 4.79 Å². The number of nitrogens with zero attached hydrogens (tertiary/aromatic N) is 1. The van der Waals surface area contributed by atoms with Crippen LogP contribution in [0.4, 0.5) is 10.1 Å². The van der Waals surface area contributed by atoms with E-state index >= 15 is 0 Å². The maximum Gasteiger partial charge on any atom is 0.354 e. The van der Waals surface area contributed by atoms with E-state index < -0.39 is 17.7 Å². The molecule has 1 heterocycles. The average molecular weight is 339 g/mol. The van der Waals surface area contributed by atoms with Gasteiger partial charge >= 0.3 is 5.97 Å². The van der Waals surface area contributed by atoms with E-state index in [2.05, 4.69) is 26.2 Å². The van der Waals surface area contributed by atoms with Crippen molar-refractivity contribution in [3.8, 4) is 0 Å². The van der Waals surface area contributed by atoms with Gasteiger partial charge in [-0.25, -0.2) is 14.2 Å². The van der Waals surface area contributed by atoms with Crippen molar-refractivity contribution in [1.29, 1.82) is 0 Å². The number of hydrogen-bond acceptors (Lipinski definition) is 3. The number of pyridine rings is 1. The zero-order valence-electron chi connectivity index (χ0n) is 9.93. The molecule has 0 bridgehead atoms. The summed E-state index contributed by atoms with van der Waals surface area (Å²) in [5.74, 6) is -2.48. The van der Waals surface area contributed by atoms with Crippen LogP contribution in [0.15, 0.2) is 41.0 Å². The number of aromatic carboxylic acids is 1. The number of aromatic nitrogens is 1. The molecule has 0 saturated carbocycles. The van der Waals surface area contributed by atoms with Crippen LogP contribution in [-0.2, 0) is 0 Å². The number of amides is 1. The molecule has 0 aliphatic rings. The number of benzene rings is 1. The van der Waals surface area contributed by atoms with Crippen molar-refractivity contribution < 1.29 is 19.1 Å². The minimum Gasteiger partial charge on any atom is -0.477 e. The zero-order valence-corrected chi connectivity index (χ0v) is 11.5. The second-order valence-corrected chi connectivity index (χ2v) is 4.64. The normalized spacial score (nSPS) is 10.1. The van der Waals surface area contributed by atoms with Gasteiger partial charge in [-0.1, -0.05) is 6.07 Å². The molecule has 102 valence electrons. The summed E-state index contributed by atoms with van der Waals surface area (Å²) in [5.41, 5.74) is 0.0000328. The molecule has 0 spiro atoms. The summed E-state index contributed by atoms with van der Waals surface area (Å²) in [6, 6.07) is 6.81. The Kier molecular flexibility index (Phi) is 4.09. The molecule has 1 amide bonds. The number of carbonyl (C=O) groups is 2. The third-order valence-corrected chi connectivity index (χ3v) is 3.09. The number of hydrogen-bond donors (Lipinski definition) is 2. The number of nitrogens with one attached hydrogen (secondary N) is 1. The Bertz CT molecular complexity index is 654. The second kappa shape index (κ2) is 5.79. The summed E-state index contributed by atoms with van der Waals surface area (Å²) >= 11 is 3.10. The van der Waals surface area contributed by atoms with Crippen LogP contribution in [-0.4, -0.2) is 22.0 Å². The van der Waals surface area contributed by atoms with Crippen LogP contribution in [0.3, 0.4) is 0 Å². The topological polar surface area (TPSA) is 79.3 Å². The van der Waals surface area contributed by atoms with E-state index in [1.807, 2.05) is 0 Å². The SMILES string of the molecule is O=C(O)c1ccc(NC(=O)c2c(F)cccc2Br)cn1. The maximum absolute atomic E-state index is 13.6. The molecule has 20 heavy (non-hydrogen) atoms. The Balaban J connectivity index is 2.21. The van der Waals surface area contributed by atoms with Crippen molar-refractivity contribution in [3.63, 3.8) is 0 Å². The highest BCUT2D eigenvalue weighted by Crippen LogP contribution is 2.21. The lowest BCUT2D eigenvalue weighted by Gasteiger charge is -2.07. The van der Waals surface area contributed by atoms with Gasteiger partial charge in [-0.05, 0) is 40.2 Å². The van der Waals surface area contributed by atoms with Crippen LogP contribution in [0.5, 0.6) is 0 Å². The third kappa shape index (κ3) is 3.00. The molecule has 0 atom stereocenters. The van der Waals surface area contributed by atoms with Gasteiger partial charge in [0.25, 0.3) is 5.91 Å². The first-order valence-corrected chi connectivity index (χ1v) is 6.23. The fraction of sp³-hybridized carbons (Fsp3) is 0. The molecule has 2 N–H and O–H groups in total. The molecule has 2 rings (SSSR count). The van der Waals surface area contributed by atoms with E-state index in [4.69, 9.17) is 5.11 Å². The van der Waals surface area contributed by atoms with Crippen molar-refractivity contribution in [2.45, 2.75) is 0 Å². The minimum absolute atomic E-state index is 0.130. The van der Waals surface area contributed by atoms with Crippen molar-refractivity contribution in [1.82, 2.24) is 4.98 Å². The molecule has 5 nitrogen and oxygen atoms in total. The molecule has 0 aliphatic carbocycles. The highest BCUT2D eigenvalue weighted by Gasteiger charge is 2.15. The van der Waals surface area contributed by atoms with E-state index in [-0.39, 0.29) is 16.9 Å². The predicted octanol–water partition coefficient (Wildman–Crippen LogP) is 2.93. The van der Waals surface area contributed by atoms with Crippen LogP contribution < -0.4 is 5.32 Å². The number of carboxylic acid groups (broad SMARTS) is 1. The molecule has 7 heteroatoms. The highest BCUT2D eigenvalue weighted by molar-refractivity contribution is 9.10. The zero-order chi connectivity index (χ0) is 14.7. The van der Waals surface area contributed by atoms with Gasteiger partial charge in [-0.2, -0.15) is 0 Å². The Labute approximate surface area is 121 Å². The second-order valence-electron chi connectivity index (χ2n) is 3.79. The molecule has 2 aromatic rings. The number of halogens is 2. The standard InChI is InChI=1S/C13H8BrFN2O3/c14-8-2-1-3-9(15)11(8)12(18)17-7-4-5-10(13(19)20)16-6-7/h1-6H,(H,17,18)(H,19,20).